The first-order valence-electron chi connectivity index (χ1n) is 9.59. The number of benzene rings is 1. The van der Waals surface area contributed by atoms with Crippen molar-refractivity contribution < 1.29 is 28.6 Å². The number of amides is 1. The summed E-state index contributed by atoms with van der Waals surface area (Å²) in [7, 11) is -11.9. The highest BCUT2D eigenvalue weighted by Crippen LogP contribution is 3.02. The highest BCUT2D eigenvalue weighted by Gasteiger charge is 2.65. The maximum absolute atomic E-state index is 13.0. The average molecular weight is 460 g/mol. The first kappa shape index (κ1) is 24.1. The zero-order valence-corrected chi connectivity index (χ0v) is 19.3. The molecule has 0 bridgehead atoms. The van der Waals surface area contributed by atoms with E-state index in [1.807, 2.05) is 13.1 Å². The normalized spacial score (nSPS) is 20.2. The molecule has 0 radical (unpaired) electrons. The van der Waals surface area contributed by atoms with Crippen molar-refractivity contribution in [3.05, 3.63) is 29.8 Å². The molecule has 1 aromatic rings. The van der Waals surface area contributed by atoms with E-state index < -0.39 is 29.5 Å². The summed E-state index contributed by atoms with van der Waals surface area (Å²) in [5.41, 5.74) is 0.365. The van der Waals surface area contributed by atoms with Crippen LogP contribution in [-0.2, 0) is 9.22 Å². The Morgan fingerprint density at radius 2 is 1.62 bits per heavy atom. The molecule has 1 heterocycles. The number of likely N-dealkylation sites (tertiary alicyclic amines) is 1. The maximum atomic E-state index is 13.0. The minimum absolute atomic E-state index is 0.0877. The third-order valence-electron chi connectivity index (χ3n) is 5.85. The van der Waals surface area contributed by atoms with Crippen molar-refractivity contribution in [2.24, 2.45) is 0 Å². The number of piperidine rings is 1. The van der Waals surface area contributed by atoms with Gasteiger partial charge in [0.15, 0.2) is 8.32 Å². The minimum atomic E-state index is -9.73. The number of carbonyl (C=O) groups is 1. The topological polar surface area (TPSA) is 29.5 Å². The molecule has 3 nitrogen and oxygen atoms in total. The van der Waals surface area contributed by atoms with Crippen LogP contribution in [0.15, 0.2) is 29.2 Å². The van der Waals surface area contributed by atoms with Crippen LogP contribution in [0.2, 0.25) is 18.1 Å². The van der Waals surface area contributed by atoms with Gasteiger partial charge >= 0.3 is 10.2 Å². The van der Waals surface area contributed by atoms with Crippen LogP contribution in [0.3, 0.4) is 0 Å². The van der Waals surface area contributed by atoms with Gasteiger partial charge in [0.1, 0.15) is 4.90 Å². The fourth-order valence-corrected chi connectivity index (χ4v) is 4.63. The summed E-state index contributed by atoms with van der Waals surface area (Å²) in [5.74, 6) is -0.100. The van der Waals surface area contributed by atoms with Crippen LogP contribution in [0.5, 0.6) is 0 Å². The molecule has 0 aromatic heterocycles. The van der Waals surface area contributed by atoms with Crippen LogP contribution in [0, 0.1) is 0 Å². The number of carbonyl (C=O) groups excluding carboxylic acids is 1. The highest BCUT2D eigenvalue weighted by atomic mass is 32.5. The van der Waals surface area contributed by atoms with Crippen molar-refractivity contribution in [3.8, 4) is 0 Å². The molecule has 1 amide bonds. The predicted octanol–water partition coefficient (Wildman–Crippen LogP) is 7.42. The Bertz CT molecular complexity index is 760. The number of halogens is 5. The number of hydrogen-bond donors (Lipinski definition) is 0. The van der Waals surface area contributed by atoms with Crippen molar-refractivity contribution in [2.45, 2.75) is 69.1 Å². The quantitative estimate of drug-likeness (QED) is 0.327. The molecular weight excluding hydrogens is 429 g/mol. The van der Waals surface area contributed by atoms with E-state index in [0.717, 1.165) is 25.0 Å². The molecule has 0 spiro atoms. The summed E-state index contributed by atoms with van der Waals surface area (Å²) in [6.07, 6.45) is 1.90. The lowest BCUT2D eigenvalue weighted by molar-refractivity contribution is -0.136. The van der Waals surface area contributed by atoms with Crippen LogP contribution in [0.1, 0.15) is 51.6 Å². The second-order valence-electron chi connectivity index (χ2n) is 9.17. The van der Waals surface area contributed by atoms with E-state index in [1.54, 1.807) is 4.90 Å². The van der Waals surface area contributed by atoms with Gasteiger partial charge in [-0.3, -0.25) is 4.79 Å². The largest absolute Gasteiger partial charge is 0.414 e. The van der Waals surface area contributed by atoms with Gasteiger partial charge in [0.05, 0.1) is 12.6 Å². The molecule has 1 aromatic carbocycles. The van der Waals surface area contributed by atoms with Crippen LogP contribution >= 0.6 is 10.2 Å². The predicted molar refractivity (Wildman–Crippen MR) is 109 cm³/mol. The molecule has 10 heteroatoms. The van der Waals surface area contributed by atoms with Crippen LogP contribution < -0.4 is 0 Å². The number of nitrogens with zero attached hydrogens (tertiary/aromatic N) is 1. The van der Waals surface area contributed by atoms with Gasteiger partial charge in [0.25, 0.3) is 0 Å². The summed E-state index contributed by atoms with van der Waals surface area (Å²) in [4.78, 5) is 12.1. The molecule has 1 unspecified atom stereocenters. The first-order valence-corrected chi connectivity index (χ1v) is 14.5. The summed E-state index contributed by atoms with van der Waals surface area (Å²) in [6.45, 7) is 10.8. The summed E-state index contributed by atoms with van der Waals surface area (Å²) in [5, 5.41) is -0.0877. The molecule has 1 aliphatic heterocycles. The summed E-state index contributed by atoms with van der Waals surface area (Å²) < 4.78 is 71.5. The Kier molecular flexibility index (Phi) is 5.78. The molecule has 0 aliphatic carbocycles. The smallest absolute Gasteiger partial charge is 0.310 e. The molecule has 1 atom stereocenters. The van der Waals surface area contributed by atoms with Crippen LogP contribution in [0.25, 0.3) is 0 Å². The van der Waals surface area contributed by atoms with Gasteiger partial charge < -0.3 is 9.33 Å². The van der Waals surface area contributed by atoms with E-state index in [4.69, 9.17) is 4.43 Å². The molecule has 1 saturated heterocycles. The van der Waals surface area contributed by atoms with Gasteiger partial charge in [-0.05, 0) is 48.7 Å². The van der Waals surface area contributed by atoms with E-state index in [1.165, 1.54) is 0 Å². The Hall–Kier alpha value is -1.13. The molecule has 168 valence electrons. The summed E-state index contributed by atoms with van der Waals surface area (Å²) >= 11 is 0. The van der Waals surface area contributed by atoms with Gasteiger partial charge in [-0.25, -0.2) is 0 Å². The van der Waals surface area contributed by atoms with Crippen molar-refractivity contribution in [2.75, 3.05) is 13.2 Å². The van der Waals surface area contributed by atoms with E-state index in [9.17, 15) is 24.2 Å². The molecule has 0 saturated carbocycles. The highest BCUT2D eigenvalue weighted by molar-refractivity contribution is 8.45. The van der Waals surface area contributed by atoms with Crippen molar-refractivity contribution in [3.63, 3.8) is 0 Å². The van der Waals surface area contributed by atoms with Gasteiger partial charge in [-0.2, -0.15) is 0 Å². The monoisotopic (exact) mass is 459 g/mol. The zero-order valence-electron chi connectivity index (χ0n) is 17.5. The van der Waals surface area contributed by atoms with E-state index in [-0.39, 0.29) is 17.6 Å². The van der Waals surface area contributed by atoms with Gasteiger partial charge in [-0.15, -0.1) is 0 Å². The second-order valence-corrected chi connectivity index (χ2v) is 16.4. The van der Waals surface area contributed by atoms with Crippen molar-refractivity contribution in [1.82, 2.24) is 4.90 Å². The van der Waals surface area contributed by atoms with E-state index >= 15 is 0 Å². The SMILES string of the molecule is CC(C)(C)[Si](C)(C)OCC(c1ccc(S(F)(F)(F)(F)F)cc1)N1CCCCC1=O. The number of hydrogen-bond acceptors (Lipinski definition) is 2. The third kappa shape index (κ3) is 5.94. The standard InChI is InChI=1S/C19H30F5NO2SSi/c1-19(2,3)29(4,5)27-14-17(25-13-7-6-8-18(25)26)15-9-11-16(12-10-15)28(20,21,22,23)24/h9-12,17H,6-8,13-14H2,1-5H3. The lowest BCUT2D eigenvalue weighted by atomic mass is 10.0. The molecule has 29 heavy (non-hydrogen) atoms. The Labute approximate surface area is 170 Å². The van der Waals surface area contributed by atoms with Crippen molar-refractivity contribution >= 4 is 24.4 Å². The van der Waals surface area contributed by atoms with Gasteiger partial charge in [-0.1, -0.05) is 52.3 Å². The Morgan fingerprint density at radius 1 is 1.07 bits per heavy atom. The Morgan fingerprint density at radius 3 is 2.07 bits per heavy atom. The van der Waals surface area contributed by atoms with Gasteiger partial charge in [0.2, 0.25) is 5.91 Å². The molecule has 1 fully saturated rings. The van der Waals surface area contributed by atoms with Gasteiger partial charge in [0, 0.05) is 13.0 Å². The molecule has 0 N–H and O–H groups in total. The lowest BCUT2D eigenvalue weighted by Crippen LogP contribution is -2.45. The molecule has 1 aliphatic rings. The fourth-order valence-electron chi connectivity index (χ4n) is 2.97. The fraction of sp³-hybridized carbons (Fsp3) is 0.632. The summed E-state index contributed by atoms with van der Waals surface area (Å²) in [6, 6.07) is 2.28. The van der Waals surface area contributed by atoms with Crippen molar-refractivity contribution in [1.29, 1.82) is 0 Å². The van der Waals surface area contributed by atoms with E-state index in [2.05, 4.69) is 20.8 Å². The van der Waals surface area contributed by atoms with Crippen LogP contribution in [0.4, 0.5) is 19.4 Å². The zero-order chi connectivity index (χ0) is 22.4. The lowest BCUT2D eigenvalue weighted by Gasteiger charge is -2.42. The second kappa shape index (κ2) is 6.95. The molecule has 2 rings (SSSR count). The first-order chi connectivity index (χ1) is 12.8. The Balaban J connectivity index is 2.37. The average Bonchev–Trinajstić information content (AvgIpc) is 2.54. The number of rotatable bonds is 6. The van der Waals surface area contributed by atoms with E-state index in [0.29, 0.717) is 30.7 Å². The molecular formula is C19H30F5NO2SSi. The van der Waals surface area contributed by atoms with Crippen LogP contribution in [-0.4, -0.2) is 32.3 Å². The minimum Gasteiger partial charge on any atom is -0.414 e. The third-order valence-corrected chi connectivity index (χ3v) is 11.5. The maximum Gasteiger partial charge on any atom is 0.310 e.